The van der Waals surface area contributed by atoms with Crippen molar-refractivity contribution in [1.29, 1.82) is 0 Å². The van der Waals surface area contributed by atoms with Crippen LogP contribution in [0.5, 0.6) is 0 Å². The van der Waals surface area contributed by atoms with E-state index in [-0.39, 0.29) is 0 Å². The molecule has 0 N–H and O–H groups in total. The van der Waals surface area contributed by atoms with Crippen molar-refractivity contribution >= 4 is 21.5 Å². The number of fused-ring (bicyclic) bond motifs is 2. The Morgan fingerprint density at radius 3 is 1.28 bits per heavy atom. The summed E-state index contributed by atoms with van der Waals surface area (Å²) >= 11 is 0. The van der Waals surface area contributed by atoms with Gasteiger partial charge in [0.25, 0.3) is 0 Å². The fraction of sp³-hybridized carbons (Fsp3) is 0. The lowest BCUT2D eigenvalue weighted by molar-refractivity contribution is 1.07. The van der Waals surface area contributed by atoms with E-state index in [1.54, 1.807) is 0 Å². The summed E-state index contributed by atoms with van der Waals surface area (Å²) < 4.78 is 0. The third-order valence-corrected chi connectivity index (χ3v) is 9.36. The van der Waals surface area contributed by atoms with E-state index < -0.39 is 0 Å². The van der Waals surface area contributed by atoms with Crippen molar-refractivity contribution in [1.82, 2.24) is 15.0 Å². The maximum Gasteiger partial charge on any atom is 0.164 e. The van der Waals surface area contributed by atoms with Crippen LogP contribution in [0.4, 0.5) is 0 Å². The maximum atomic E-state index is 5.00. The highest BCUT2D eigenvalue weighted by Crippen LogP contribution is 2.32. The van der Waals surface area contributed by atoms with E-state index in [0.29, 0.717) is 17.5 Å². The summed E-state index contributed by atoms with van der Waals surface area (Å²) in [6.45, 7) is 0. The van der Waals surface area contributed by atoms with Gasteiger partial charge >= 0.3 is 0 Å². The van der Waals surface area contributed by atoms with Gasteiger partial charge in [0.15, 0.2) is 17.5 Å². The number of hydrogen-bond donors (Lipinski definition) is 0. The molecule has 1 aromatic heterocycles. The molecule has 50 heavy (non-hydrogen) atoms. The standard InChI is InChI=1S/C47H31N3/c1-2-11-38(12-3-1)45-48-46(50-47(49-45)40-28-24-37(25-29-40)44-16-8-14-36-10-6-7-15-43(36)44)39-26-21-34(22-27-39)33-17-19-35(20-18-33)42-30-23-32-9-4-5-13-41(32)31-42/h1-31H. The van der Waals surface area contributed by atoms with Gasteiger partial charge in [-0.1, -0.05) is 182 Å². The van der Waals surface area contributed by atoms with Crippen LogP contribution in [0.1, 0.15) is 0 Å². The second-order valence-electron chi connectivity index (χ2n) is 12.5. The first-order valence-corrected chi connectivity index (χ1v) is 16.9. The second kappa shape index (κ2) is 12.7. The summed E-state index contributed by atoms with van der Waals surface area (Å²) in [5.41, 5.74) is 9.92. The van der Waals surface area contributed by atoms with Gasteiger partial charge in [0, 0.05) is 16.7 Å². The maximum absolute atomic E-state index is 5.00. The molecule has 0 spiro atoms. The molecule has 0 fully saturated rings. The molecule has 3 nitrogen and oxygen atoms in total. The molecule has 1 heterocycles. The minimum atomic E-state index is 0.644. The Morgan fingerprint density at radius 2 is 0.660 bits per heavy atom. The molecule has 9 rings (SSSR count). The van der Waals surface area contributed by atoms with Crippen LogP contribution in [0.25, 0.3) is 89.1 Å². The second-order valence-corrected chi connectivity index (χ2v) is 12.5. The molecule has 234 valence electrons. The predicted octanol–water partition coefficient (Wildman–Crippen LogP) is 12.2. The fourth-order valence-electron chi connectivity index (χ4n) is 6.66. The van der Waals surface area contributed by atoms with Crippen molar-refractivity contribution in [2.45, 2.75) is 0 Å². The Labute approximate surface area is 291 Å². The van der Waals surface area contributed by atoms with Gasteiger partial charge in [0.1, 0.15) is 0 Å². The van der Waals surface area contributed by atoms with Crippen LogP contribution in [0, 0.1) is 0 Å². The van der Waals surface area contributed by atoms with Crippen LogP contribution in [-0.2, 0) is 0 Å². The smallest absolute Gasteiger partial charge is 0.164 e. The van der Waals surface area contributed by atoms with E-state index in [1.165, 1.54) is 38.2 Å². The quantitative estimate of drug-likeness (QED) is 0.182. The lowest BCUT2D eigenvalue weighted by atomic mass is 9.97. The summed E-state index contributed by atoms with van der Waals surface area (Å²) in [6, 6.07) is 66.0. The lowest BCUT2D eigenvalue weighted by Gasteiger charge is -2.11. The lowest BCUT2D eigenvalue weighted by Crippen LogP contribution is -2.00. The Kier molecular flexibility index (Phi) is 7.49. The predicted molar refractivity (Wildman–Crippen MR) is 207 cm³/mol. The molecule has 0 aliphatic carbocycles. The molecule has 0 saturated heterocycles. The van der Waals surface area contributed by atoms with Gasteiger partial charge < -0.3 is 0 Å². The van der Waals surface area contributed by atoms with Gasteiger partial charge in [-0.05, 0) is 61.0 Å². The Balaban J connectivity index is 1.03. The first-order valence-electron chi connectivity index (χ1n) is 16.9. The highest BCUT2D eigenvalue weighted by atomic mass is 15.0. The minimum absolute atomic E-state index is 0.644. The van der Waals surface area contributed by atoms with E-state index in [2.05, 4.69) is 158 Å². The number of nitrogens with zero attached hydrogens (tertiary/aromatic N) is 3. The Morgan fingerprint density at radius 1 is 0.240 bits per heavy atom. The van der Waals surface area contributed by atoms with Gasteiger partial charge in [-0.25, -0.2) is 15.0 Å². The summed E-state index contributed by atoms with van der Waals surface area (Å²) in [4.78, 5) is 14.9. The van der Waals surface area contributed by atoms with Crippen molar-refractivity contribution in [3.05, 3.63) is 188 Å². The van der Waals surface area contributed by atoms with Gasteiger partial charge in [-0.3, -0.25) is 0 Å². The zero-order chi connectivity index (χ0) is 33.3. The van der Waals surface area contributed by atoms with Crippen molar-refractivity contribution in [2.75, 3.05) is 0 Å². The van der Waals surface area contributed by atoms with Crippen LogP contribution in [0.2, 0.25) is 0 Å². The monoisotopic (exact) mass is 637 g/mol. The van der Waals surface area contributed by atoms with Gasteiger partial charge in [0.2, 0.25) is 0 Å². The fourth-order valence-corrected chi connectivity index (χ4v) is 6.66. The molecule has 0 unspecified atom stereocenters. The van der Waals surface area contributed by atoms with E-state index in [0.717, 1.165) is 33.4 Å². The first-order chi connectivity index (χ1) is 24.7. The number of hydrogen-bond acceptors (Lipinski definition) is 3. The van der Waals surface area contributed by atoms with Crippen LogP contribution in [-0.4, -0.2) is 15.0 Å². The molecule has 0 amide bonds. The molecule has 0 aliphatic rings. The van der Waals surface area contributed by atoms with Crippen LogP contribution in [0.3, 0.4) is 0 Å². The zero-order valence-corrected chi connectivity index (χ0v) is 27.2. The Bertz CT molecular complexity index is 2600. The minimum Gasteiger partial charge on any atom is -0.208 e. The normalized spacial score (nSPS) is 11.2. The van der Waals surface area contributed by atoms with Crippen molar-refractivity contribution < 1.29 is 0 Å². The number of aromatic nitrogens is 3. The van der Waals surface area contributed by atoms with Gasteiger partial charge in [-0.2, -0.15) is 0 Å². The summed E-state index contributed by atoms with van der Waals surface area (Å²) in [6.07, 6.45) is 0. The molecule has 0 aliphatic heterocycles. The molecule has 3 heteroatoms. The average Bonchev–Trinajstić information content (AvgIpc) is 3.21. The van der Waals surface area contributed by atoms with Crippen molar-refractivity contribution in [3.8, 4) is 67.5 Å². The SMILES string of the molecule is c1ccc(-c2nc(-c3ccc(-c4ccc(-c5ccc6ccccc6c5)cc4)cc3)nc(-c3ccc(-c4cccc5ccccc45)cc3)n2)cc1. The number of rotatable bonds is 6. The third kappa shape index (κ3) is 5.72. The van der Waals surface area contributed by atoms with Crippen LogP contribution < -0.4 is 0 Å². The molecular formula is C47H31N3. The molecule has 8 aromatic carbocycles. The first kappa shape index (κ1) is 29.4. The molecule has 9 aromatic rings. The van der Waals surface area contributed by atoms with E-state index in [4.69, 9.17) is 15.0 Å². The topological polar surface area (TPSA) is 38.7 Å². The third-order valence-electron chi connectivity index (χ3n) is 9.36. The van der Waals surface area contributed by atoms with Gasteiger partial charge in [0.05, 0.1) is 0 Å². The summed E-state index contributed by atoms with van der Waals surface area (Å²) in [7, 11) is 0. The molecule has 0 atom stereocenters. The molecule has 0 bridgehead atoms. The van der Waals surface area contributed by atoms with E-state index in [9.17, 15) is 0 Å². The van der Waals surface area contributed by atoms with E-state index in [1.807, 2.05) is 30.3 Å². The van der Waals surface area contributed by atoms with E-state index >= 15 is 0 Å². The molecule has 0 radical (unpaired) electrons. The Hall–Kier alpha value is -6.71. The van der Waals surface area contributed by atoms with Crippen LogP contribution in [0.15, 0.2) is 188 Å². The zero-order valence-electron chi connectivity index (χ0n) is 27.2. The largest absolute Gasteiger partial charge is 0.208 e. The highest BCUT2D eigenvalue weighted by molar-refractivity contribution is 5.97. The molecular weight excluding hydrogens is 607 g/mol. The van der Waals surface area contributed by atoms with Crippen molar-refractivity contribution in [3.63, 3.8) is 0 Å². The number of benzene rings is 8. The highest BCUT2D eigenvalue weighted by Gasteiger charge is 2.13. The molecule has 0 saturated carbocycles. The summed E-state index contributed by atoms with van der Waals surface area (Å²) in [5, 5.41) is 4.97. The average molecular weight is 638 g/mol. The van der Waals surface area contributed by atoms with Gasteiger partial charge in [-0.15, -0.1) is 0 Å². The van der Waals surface area contributed by atoms with Crippen LogP contribution >= 0.6 is 0 Å². The summed E-state index contributed by atoms with van der Waals surface area (Å²) in [5.74, 6) is 1.94. The van der Waals surface area contributed by atoms with Crippen molar-refractivity contribution in [2.24, 2.45) is 0 Å².